The van der Waals surface area contributed by atoms with Crippen molar-refractivity contribution < 1.29 is 48.9 Å². The Morgan fingerprint density at radius 3 is 2.12 bits per heavy atom. The normalized spacial score (nSPS) is 15.9. The molecule has 0 fully saturated rings. The molecule has 0 spiro atoms. The molecule has 0 saturated carbocycles. The van der Waals surface area contributed by atoms with Gasteiger partial charge >= 0.3 is 5.97 Å². The van der Waals surface area contributed by atoms with Gasteiger partial charge in [0.15, 0.2) is 29.6 Å². The van der Waals surface area contributed by atoms with E-state index in [1.54, 1.807) is 6.92 Å². The van der Waals surface area contributed by atoms with Crippen molar-refractivity contribution in [3.05, 3.63) is 17.7 Å². The van der Waals surface area contributed by atoms with Crippen molar-refractivity contribution in [3.63, 3.8) is 0 Å². The van der Waals surface area contributed by atoms with Crippen LogP contribution >= 0.6 is 0 Å². The smallest absolute Gasteiger partial charge is 0.338 e. The van der Waals surface area contributed by atoms with Crippen molar-refractivity contribution in [2.75, 3.05) is 28.1 Å². The molecule has 0 bridgehead atoms. The van der Waals surface area contributed by atoms with Gasteiger partial charge in [-0.1, -0.05) is 0 Å². The average molecular weight is 376 g/mol. The van der Waals surface area contributed by atoms with Gasteiger partial charge in [0.05, 0.1) is 11.7 Å². The average Bonchev–Trinajstić information content (AvgIpc) is 2.63. The molecule has 26 heavy (non-hydrogen) atoms. The van der Waals surface area contributed by atoms with E-state index in [-0.39, 0.29) is 12.4 Å². The highest BCUT2D eigenvalue weighted by atomic mass is 16.8. The van der Waals surface area contributed by atoms with E-state index in [4.69, 9.17) is 23.7 Å². The minimum absolute atomic E-state index is 0.193. The first-order chi connectivity index (χ1) is 12.3. The Balaban J connectivity index is 3.08. The number of carbonyl (C=O) groups excluding carboxylic acids is 1. The highest BCUT2D eigenvalue weighted by molar-refractivity contribution is 5.91. The zero-order chi connectivity index (χ0) is 19.9. The summed E-state index contributed by atoms with van der Waals surface area (Å²) in [6.07, 6.45) is -4.58. The molecule has 4 atom stereocenters. The quantitative estimate of drug-likeness (QED) is 0.256. The van der Waals surface area contributed by atoms with Crippen molar-refractivity contribution in [1.82, 2.24) is 0 Å². The number of benzene rings is 1. The van der Waals surface area contributed by atoms with Gasteiger partial charge in [-0.3, -0.25) is 0 Å². The summed E-state index contributed by atoms with van der Waals surface area (Å²) >= 11 is 0. The van der Waals surface area contributed by atoms with Crippen LogP contribution in [-0.4, -0.2) is 79.1 Å². The van der Waals surface area contributed by atoms with Gasteiger partial charge in [0.1, 0.15) is 12.9 Å². The van der Waals surface area contributed by atoms with E-state index in [9.17, 15) is 25.2 Å². The van der Waals surface area contributed by atoms with Crippen LogP contribution in [0.15, 0.2) is 12.1 Å². The van der Waals surface area contributed by atoms with Gasteiger partial charge in [-0.15, -0.1) is 0 Å². The number of carbonyl (C=O) groups is 1. The third kappa shape index (κ3) is 5.44. The highest BCUT2D eigenvalue weighted by Crippen LogP contribution is 2.35. The van der Waals surface area contributed by atoms with Gasteiger partial charge in [0.2, 0.25) is 0 Å². The second kappa shape index (κ2) is 10.1. The zero-order valence-corrected chi connectivity index (χ0v) is 14.9. The topological polar surface area (TPSA) is 144 Å². The second-order valence-corrected chi connectivity index (χ2v) is 5.34. The van der Waals surface area contributed by atoms with Crippen LogP contribution in [0.4, 0.5) is 0 Å². The Bertz CT molecular complexity index is 567. The maximum atomic E-state index is 12.4. The van der Waals surface area contributed by atoms with Crippen molar-refractivity contribution in [1.29, 1.82) is 0 Å². The maximum Gasteiger partial charge on any atom is 0.338 e. The van der Waals surface area contributed by atoms with E-state index in [0.29, 0.717) is 0 Å². The van der Waals surface area contributed by atoms with Gasteiger partial charge in [0.25, 0.3) is 0 Å². The van der Waals surface area contributed by atoms with Crippen molar-refractivity contribution in [2.24, 2.45) is 0 Å². The maximum absolute atomic E-state index is 12.4. The molecular formula is C16H24O10. The number of methoxy groups -OCH3 is 3. The summed E-state index contributed by atoms with van der Waals surface area (Å²) < 4.78 is 25.4. The number of aliphatic hydroxyl groups excluding tert-OH is 1. The van der Waals surface area contributed by atoms with Crippen LogP contribution in [-0.2, 0) is 23.7 Å². The van der Waals surface area contributed by atoms with Crippen molar-refractivity contribution in [3.8, 4) is 17.2 Å². The van der Waals surface area contributed by atoms with E-state index in [2.05, 4.69) is 0 Å². The molecule has 1 aromatic carbocycles. The van der Waals surface area contributed by atoms with E-state index < -0.39 is 47.8 Å². The number of phenols is 3. The third-order valence-corrected chi connectivity index (χ3v) is 3.59. The molecule has 10 heteroatoms. The van der Waals surface area contributed by atoms with E-state index in [1.165, 1.54) is 21.3 Å². The van der Waals surface area contributed by atoms with Gasteiger partial charge in [-0.05, 0) is 19.1 Å². The standard InChI is InChI=1S/C16H24O10/c1-8(23-3)12(19)14(16(24-4)25-7-22-2)26-15(21)9-5-10(17)13(20)11(18)6-9/h5-6,8,12,14,16-20H,7H2,1-4H3. The number of phenolic OH excluding ortho intramolecular Hbond substituents is 3. The SMILES string of the molecule is COCOC(OC)C(OC(=O)c1cc(O)c(O)c(O)c1)C(O)C(C)OC. The number of aliphatic hydroxyl groups is 1. The zero-order valence-electron chi connectivity index (χ0n) is 14.9. The Morgan fingerprint density at radius 2 is 1.65 bits per heavy atom. The second-order valence-electron chi connectivity index (χ2n) is 5.34. The molecule has 10 nitrogen and oxygen atoms in total. The first kappa shape index (κ1) is 21.9. The number of esters is 1. The molecular weight excluding hydrogens is 352 g/mol. The molecule has 0 saturated heterocycles. The predicted octanol–water partition coefficient (Wildman–Crippen LogP) is 0.318. The fourth-order valence-electron chi connectivity index (χ4n) is 2.04. The number of ether oxygens (including phenoxy) is 5. The monoisotopic (exact) mass is 376 g/mol. The van der Waals surface area contributed by atoms with Crippen LogP contribution in [0.2, 0.25) is 0 Å². The molecule has 0 aliphatic rings. The summed E-state index contributed by atoms with van der Waals surface area (Å²) in [5.41, 5.74) is -0.262. The van der Waals surface area contributed by atoms with Gasteiger partial charge in [-0.25, -0.2) is 4.79 Å². The molecule has 0 aromatic heterocycles. The largest absolute Gasteiger partial charge is 0.504 e. The van der Waals surface area contributed by atoms with Crippen LogP contribution in [0, 0.1) is 0 Å². The van der Waals surface area contributed by atoms with Crippen LogP contribution in [0.25, 0.3) is 0 Å². The lowest BCUT2D eigenvalue weighted by molar-refractivity contribution is -0.241. The molecule has 4 unspecified atom stereocenters. The van der Waals surface area contributed by atoms with Gasteiger partial charge in [0, 0.05) is 21.3 Å². The third-order valence-electron chi connectivity index (χ3n) is 3.59. The highest BCUT2D eigenvalue weighted by Gasteiger charge is 2.37. The molecule has 1 rings (SSSR count). The van der Waals surface area contributed by atoms with Crippen molar-refractivity contribution in [2.45, 2.75) is 31.5 Å². The minimum Gasteiger partial charge on any atom is -0.504 e. The molecule has 0 radical (unpaired) electrons. The molecule has 148 valence electrons. The summed E-state index contributed by atoms with van der Waals surface area (Å²) in [4.78, 5) is 12.4. The number of aromatic hydroxyl groups is 3. The van der Waals surface area contributed by atoms with Gasteiger partial charge in [-0.2, -0.15) is 0 Å². The fraction of sp³-hybridized carbons (Fsp3) is 0.562. The Labute approximate surface area is 150 Å². The lowest BCUT2D eigenvalue weighted by Gasteiger charge is -2.31. The van der Waals surface area contributed by atoms with Gasteiger partial charge < -0.3 is 44.1 Å². The fourth-order valence-corrected chi connectivity index (χ4v) is 2.04. The predicted molar refractivity (Wildman–Crippen MR) is 86.9 cm³/mol. The Hall–Kier alpha value is -2.11. The summed E-state index contributed by atoms with van der Waals surface area (Å²) in [5.74, 6) is -3.20. The molecule has 0 aliphatic heterocycles. The van der Waals surface area contributed by atoms with Crippen LogP contribution < -0.4 is 0 Å². The van der Waals surface area contributed by atoms with Crippen molar-refractivity contribution >= 4 is 5.97 Å². The summed E-state index contributed by atoms with van der Waals surface area (Å²) in [7, 11) is 4.02. The molecule has 0 aliphatic carbocycles. The van der Waals surface area contributed by atoms with Crippen LogP contribution in [0.3, 0.4) is 0 Å². The number of hydrogen-bond donors (Lipinski definition) is 4. The minimum atomic E-state index is -1.33. The number of hydrogen-bond acceptors (Lipinski definition) is 10. The lowest BCUT2D eigenvalue weighted by atomic mass is 10.1. The summed E-state index contributed by atoms with van der Waals surface area (Å²) in [5, 5.41) is 38.8. The van der Waals surface area contributed by atoms with E-state index >= 15 is 0 Å². The summed E-state index contributed by atoms with van der Waals surface area (Å²) in [6, 6.07) is 1.80. The molecule has 0 heterocycles. The first-order valence-electron chi connectivity index (χ1n) is 7.56. The molecule has 1 aromatic rings. The summed E-state index contributed by atoms with van der Waals surface area (Å²) in [6.45, 7) is 1.36. The number of rotatable bonds is 10. The Kier molecular flexibility index (Phi) is 8.55. The Morgan fingerprint density at radius 1 is 1.08 bits per heavy atom. The van der Waals surface area contributed by atoms with E-state index in [1.807, 2.05) is 0 Å². The first-order valence-corrected chi connectivity index (χ1v) is 7.56. The molecule has 0 amide bonds. The van der Waals surface area contributed by atoms with Crippen LogP contribution in [0.1, 0.15) is 17.3 Å². The lowest BCUT2D eigenvalue weighted by Crippen LogP contribution is -2.48. The van der Waals surface area contributed by atoms with E-state index in [0.717, 1.165) is 12.1 Å². The molecule has 4 N–H and O–H groups in total. The van der Waals surface area contributed by atoms with Crippen LogP contribution in [0.5, 0.6) is 17.2 Å².